The van der Waals surface area contributed by atoms with Gasteiger partial charge in [0.1, 0.15) is 0 Å². The molecular formula is C17H17N3OS2. The number of nitrogens with one attached hydrogen (secondary N) is 1. The minimum Gasteiger partial charge on any atom is -0.342 e. The summed E-state index contributed by atoms with van der Waals surface area (Å²) in [5, 5.41) is 3.78. The fourth-order valence-electron chi connectivity index (χ4n) is 2.21. The molecule has 0 saturated carbocycles. The number of para-hydroxylation sites is 1. The van der Waals surface area contributed by atoms with Crippen molar-refractivity contribution in [2.24, 2.45) is 0 Å². The molecule has 1 N–H and O–H groups in total. The van der Waals surface area contributed by atoms with E-state index >= 15 is 0 Å². The molecule has 0 aliphatic rings. The van der Waals surface area contributed by atoms with Crippen LogP contribution in [0.3, 0.4) is 0 Å². The highest BCUT2D eigenvalue weighted by molar-refractivity contribution is 7.98. The van der Waals surface area contributed by atoms with E-state index in [-0.39, 0.29) is 12.5 Å². The quantitative estimate of drug-likeness (QED) is 0.709. The number of rotatable bonds is 5. The summed E-state index contributed by atoms with van der Waals surface area (Å²) in [7, 11) is 1.88. The highest BCUT2D eigenvalue weighted by Crippen LogP contribution is 2.27. The lowest BCUT2D eigenvalue weighted by atomic mass is 10.3. The fourth-order valence-corrected chi connectivity index (χ4v) is 3.59. The summed E-state index contributed by atoms with van der Waals surface area (Å²) in [6.07, 6.45) is 2.02. The fraction of sp³-hybridized carbons (Fsp3) is 0.176. The topological polar surface area (TPSA) is 45.2 Å². The van der Waals surface area contributed by atoms with E-state index in [1.54, 1.807) is 23.1 Å². The van der Waals surface area contributed by atoms with E-state index in [9.17, 15) is 4.79 Å². The number of fused-ring (bicyclic) bond motifs is 1. The smallest absolute Gasteiger partial charge is 0.243 e. The Hall–Kier alpha value is -2.05. The number of hydrogen-bond acceptors (Lipinski definition) is 5. The molecule has 1 amide bonds. The van der Waals surface area contributed by atoms with Crippen LogP contribution in [-0.2, 0) is 4.79 Å². The lowest BCUT2D eigenvalue weighted by Crippen LogP contribution is -2.29. The van der Waals surface area contributed by atoms with Gasteiger partial charge in [-0.05, 0) is 36.6 Å². The molecule has 1 aromatic heterocycles. The molecule has 2 aromatic carbocycles. The van der Waals surface area contributed by atoms with Gasteiger partial charge < -0.3 is 10.2 Å². The van der Waals surface area contributed by atoms with Crippen molar-refractivity contribution in [1.82, 2.24) is 4.98 Å². The minimum absolute atomic E-state index is 0.0509. The normalized spacial score (nSPS) is 10.7. The molecule has 3 rings (SSSR count). The molecule has 4 nitrogen and oxygen atoms in total. The van der Waals surface area contributed by atoms with Gasteiger partial charge in [-0.15, -0.1) is 11.8 Å². The zero-order chi connectivity index (χ0) is 16.2. The molecule has 118 valence electrons. The van der Waals surface area contributed by atoms with Crippen molar-refractivity contribution in [2.75, 3.05) is 30.1 Å². The van der Waals surface area contributed by atoms with Gasteiger partial charge in [-0.3, -0.25) is 4.79 Å². The van der Waals surface area contributed by atoms with Crippen LogP contribution in [-0.4, -0.2) is 30.7 Å². The van der Waals surface area contributed by atoms with Gasteiger partial charge in [-0.2, -0.15) is 0 Å². The summed E-state index contributed by atoms with van der Waals surface area (Å²) in [6.45, 7) is 0.267. The lowest BCUT2D eigenvalue weighted by Gasteiger charge is -2.15. The predicted octanol–water partition coefficient (Wildman–Crippen LogP) is 4.09. The minimum atomic E-state index is -0.0509. The van der Waals surface area contributed by atoms with Gasteiger partial charge in [-0.1, -0.05) is 29.5 Å². The van der Waals surface area contributed by atoms with Crippen LogP contribution < -0.4 is 10.2 Å². The van der Waals surface area contributed by atoms with E-state index in [2.05, 4.69) is 10.3 Å². The standard InChI is InChI=1S/C17H17N3OS2/c1-20(17-19-14-8-3-4-9-15(14)23-17)11-16(21)18-12-6-5-7-13(10-12)22-2/h3-10H,11H2,1-2H3,(H,18,21). The lowest BCUT2D eigenvalue weighted by molar-refractivity contribution is -0.114. The average molecular weight is 343 g/mol. The Kier molecular flexibility index (Phi) is 4.83. The average Bonchev–Trinajstić information content (AvgIpc) is 2.99. The second-order valence-corrected chi connectivity index (χ2v) is 6.99. The number of aromatic nitrogens is 1. The first kappa shape index (κ1) is 15.8. The zero-order valence-corrected chi connectivity index (χ0v) is 14.6. The first-order chi connectivity index (χ1) is 11.2. The molecule has 23 heavy (non-hydrogen) atoms. The van der Waals surface area contributed by atoms with Gasteiger partial charge in [0.25, 0.3) is 0 Å². The number of carbonyl (C=O) groups is 1. The maximum absolute atomic E-state index is 12.2. The number of carbonyl (C=O) groups excluding carboxylic acids is 1. The second-order valence-electron chi connectivity index (χ2n) is 5.10. The first-order valence-electron chi connectivity index (χ1n) is 7.16. The van der Waals surface area contributed by atoms with Crippen molar-refractivity contribution in [3.63, 3.8) is 0 Å². The third kappa shape index (κ3) is 3.83. The van der Waals surface area contributed by atoms with Crippen molar-refractivity contribution in [3.05, 3.63) is 48.5 Å². The van der Waals surface area contributed by atoms with Gasteiger partial charge in [-0.25, -0.2) is 4.98 Å². The van der Waals surface area contributed by atoms with Crippen LogP contribution >= 0.6 is 23.1 Å². The van der Waals surface area contributed by atoms with Crippen LogP contribution in [0.2, 0.25) is 0 Å². The number of nitrogens with zero attached hydrogens (tertiary/aromatic N) is 2. The number of benzene rings is 2. The number of hydrogen-bond donors (Lipinski definition) is 1. The second kappa shape index (κ2) is 7.02. The van der Waals surface area contributed by atoms with E-state index in [0.29, 0.717) is 0 Å². The van der Waals surface area contributed by atoms with Gasteiger partial charge in [0, 0.05) is 17.6 Å². The Bertz CT molecular complexity index is 798. The molecule has 0 aliphatic carbocycles. The molecular weight excluding hydrogens is 326 g/mol. The number of likely N-dealkylation sites (N-methyl/N-ethyl adjacent to an activating group) is 1. The Morgan fingerprint density at radius 2 is 2.09 bits per heavy atom. The van der Waals surface area contributed by atoms with Crippen LogP contribution in [0.15, 0.2) is 53.4 Å². The summed E-state index contributed by atoms with van der Waals surface area (Å²) in [4.78, 5) is 19.8. The molecule has 0 radical (unpaired) electrons. The maximum atomic E-state index is 12.2. The molecule has 0 aliphatic heterocycles. The van der Waals surface area contributed by atoms with Gasteiger partial charge in [0.05, 0.1) is 16.8 Å². The number of amides is 1. The van der Waals surface area contributed by atoms with Crippen molar-refractivity contribution >= 4 is 50.0 Å². The Morgan fingerprint density at radius 3 is 2.87 bits per heavy atom. The van der Waals surface area contributed by atoms with E-state index in [4.69, 9.17) is 0 Å². The number of thioether (sulfide) groups is 1. The van der Waals surface area contributed by atoms with Crippen molar-refractivity contribution in [2.45, 2.75) is 4.90 Å². The molecule has 0 bridgehead atoms. The van der Waals surface area contributed by atoms with Gasteiger partial charge in [0.2, 0.25) is 5.91 Å². The van der Waals surface area contributed by atoms with Crippen LogP contribution in [0.1, 0.15) is 0 Å². The summed E-state index contributed by atoms with van der Waals surface area (Å²) in [5.74, 6) is -0.0509. The molecule has 0 unspecified atom stereocenters. The largest absolute Gasteiger partial charge is 0.342 e. The monoisotopic (exact) mass is 343 g/mol. The number of thiazole rings is 1. The maximum Gasteiger partial charge on any atom is 0.243 e. The van der Waals surface area contributed by atoms with Crippen LogP contribution in [0.4, 0.5) is 10.8 Å². The number of anilines is 2. The SMILES string of the molecule is CSc1cccc(NC(=O)CN(C)c2nc3ccccc3s2)c1. The van der Waals surface area contributed by atoms with Crippen molar-refractivity contribution in [3.8, 4) is 0 Å². The molecule has 1 heterocycles. The first-order valence-corrected chi connectivity index (χ1v) is 9.20. The molecule has 0 spiro atoms. The van der Waals surface area contributed by atoms with Crippen LogP contribution in [0.5, 0.6) is 0 Å². The van der Waals surface area contributed by atoms with E-state index in [1.807, 2.05) is 66.7 Å². The molecule has 6 heteroatoms. The van der Waals surface area contributed by atoms with E-state index < -0.39 is 0 Å². The van der Waals surface area contributed by atoms with E-state index in [0.717, 1.165) is 25.9 Å². The van der Waals surface area contributed by atoms with E-state index in [1.165, 1.54) is 0 Å². The highest BCUT2D eigenvalue weighted by Gasteiger charge is 2.12. The molecule has 0 atom stereocenters. The third-order valence-corrected chi connectivity index (χ3v) is 5.22. The molecule has 3 aromatic rings. The van der Waals surface area contributed by atoms with Crippen molar-refractivity contribution in [1.29, 1.82) is 0 Å². The molecule has 0 fully saturated rings. The summed E-state index contributed by atoms with van der Waals surface area (Å²) >= 11 is 3.24. The van der Waals surface area contributed by atoms with Crippen molar-refractivity contribution < 1.29 is 4.79 Å². The van der Waals surface area contributed by atoms with Gasteiger partial charge in [0.15, 0.2) is 5.13 Å². The third-order valence-electron chi connectivity index (χ3n) is 3.34. The van der Waals surface area contributed by atoms with Crippen LogP contribution in [0.25, 0.3) is 10.2 Å². The summed E-state index contributed by atoms with van der Waals surface area (Å²) < 4.78 is 1.13. The summed E-state index contributed by atoms with van der Waals surface area (Å²) in [6, 6.07) is 15.8. The molecule has 0 saturated heterocycles. The Balaban J connectivity index is 1.66. The van der Waals surface area contributed by atoms with Gasteiger partial charge >= 0.3 is 0 Å². The Morgan fingerprint density at radius 1 is 1.26 bits per heavy atom. The highest BCUT2D eigenvalue weighted by atomic mass is 32.2. The van der Waals surface area contributed by atoms with Crippen LogP contribution in [0, 0.1) is 0 Å². The zero-order valence-electron chi connectivity index (χ0n) is 12.9. The Labute approximate surface area is 143 Å². The predicted molar refractivity (Wildman–Crippen MR) is 99.7 cm³/mol. The summed E-state index contributed by atoms with van der Waals surface area (Å²) in [5.41, 5.74) is 1.78.